The van der Waals surface area contributed by atoms with Gasteiger partial charge in [0.25, 0.3) is 5.91 Å². The molecule has 3 aromatic carbocycles. The molecule has 3 rings (SSSR count). The quantitative estimate of drug-likeness (QED) is 0.446. The first kappa shape index (κ1) is 18.9. The number of aromatic hydroxyl groups is 1. The van der Waals surface area contributed by atoms with E-state index < -0.39 is 6.10 Å². The van der Waals surface area contributed by atoms with Gasteiger partial charge in [0, 0.05) is 5.56 Å². The van der Waals surface area contributed by atoms with Crippen LogP contribution in [0.4, 0.5) is 0 Å². The van der Waals surface area contributed by atoms with Crippen molar-refractivity contribution in [3.63, 3.8) is 0 Å². The number of phenols is 1. The highest BCUT2D eigenvalue weighted by Gasteiger charge is 2.19. The van der Waals surface area contributed by atoms with E-state index in [1.165, 1.54) is 6.21 Å². The molecule has 0 saturated heterocycles. The molecule has 6 heteroatoms. The topological polar surface area (TPSA) is 70.9 Å². The number of carbonyl (C=O) groups is 1. The fraction of sp³-hybridized carbons (Fsp3) is 0.143. The van der Waals surface area contributed by atoms with Crippen LogP contribution in [0.2, 0.25) is 0 Å². The third-order valence-electron chi connectivity index (χ3n) is 4.08. The van der Waals surface area contributed by atoms with E-state index in [-0.39, 0.29) is 11.7 Å². The van der Waals surface area contributed by atoms with E-state index in [4.69, 9.17) is 4.74 Å². The first-order valence-corrected chi connectivity index (χ1v) is 9.34. The van der Waals surface area contributed by atoms with Crippen LogP contribution in [0.15, 0.2) is 70.2 Å². The van der Waals surface area contributed by atoms with Crippen molar-refractivity contribution >= 4 is 38.8 Å². The second kappa shape index (κ2) is 8.68. The molecule has 0 aromatic heterocycles. The average molecular weight is 427 g/mol. The number of nitrogens with zero attached hydrogens (tertiary/aromatic N) is 1. The second-order valence-corrected chi connectivity index (χ2v) is 6.70. The van der Waals surface area contributed by atoms with Gasteiger partial charge in [-0.2, -0.15) is 5.10 Å². The lowest BCUT2D eigenvalue weighted by Crippen LogP contribution is -2.35. The molecular formula is C21H19BrN2O3. The Morgan fingerprint density at radius 2 is 1.93 bits per heavy atom. The summed E-state index contributed by atoms with van der Waals surface area (Å²) >= 11 is 3.57. The lowest BCUT2D eigenvalue weighted by molar-refractivity contribution is -0.128. The van der Waals surface area contributed by atoms with Gasteiger partial charge in [0.15, 0.2) is 6.10 Å². The third kappa shape index (κ3) is 4.46. The smallest absolute Gasteiger partial charge is 0.281 e. The number of phenolic OH excluding ortho intramolecular Hbond substituents is 1. The van der Waals surface area contributed by atoms with E-state index in [0.717, 1.165) is 15.2 Å². The van der Waals surface area contributed by atoms with E-state index in [1.54, 1.807) is 24.3 Å². The van der Waals surface area contributed by atoms with Crippen LogP contribution < -0.4 is 10.2 Å². The molecule has 0 aliphatic heterocycles. The first-order valence-electron chi connectivity index (χ1n) is 8.55. The molecule has 3 aromatic rings. The van der Waals surface area contributed by atoms with Gasteiger partial charge in [-0.05, 0) is 51.3 Å². The predicted molar refractivity (Wildman–Crippen MR) is 110 cm³/mol. The van der Waals surface area contributed by atoms with Crippen LogP contribution in [0.5, 0.6) is 11.5 Å². The second-order valence-electron chi connectivity index (χ2n) is 5.91. The maximum Gasteiger partial charge on any atom is 0.281 e. The summed E-state index contributed by atoms with van der Waals surface area (Å²) in [5.74, 6) is 0.337. The number of amides is 1. The summed E-state index contributed by atoms with van der Waals surface area (Å²) in [6.07, 6.45) is 1.19. The molecule has 0 fully saturated rings. The van der Waals surface area contributed by atoms with Crippen molar-refractivity contribution in [1.29, 1.82) is 0 Å². The van der Waals surface area contributed by atoms with Gasteiger partial charge >= 0.3 is 0 Å². The van der Waals surface area contributed by atoms with Gasteiger partial charge in [0.2, 0.25) is 0 Å². The standard InChI is InChI=1S/C21H19BrN2O3/c1-2-18(21(26)24-23-13-15-8-4-6-10-17(15)25)27-19-12-11-14-7-3-5-9-16(14)20(19)22/h3-13,18,25H,2H2,1H3,(H,24,26)/b23-13+/t18-/m0/s1. The van der Waals surface area contributed by atoms with Crippen LogP contribution in [-0.4, -0.2) is 23.3 Å². The largest absolute Gasteiger partial charge is 0.507 e. The fourth-order valence-electron chi connectivity index (χ4n) is 2.61. The Kier molecular flexibility index (Phi) is 6.08. The van der Waals surface area contributed by atoms with E-state index in [1.807, 2.05) is 43.3 Å². The van der Waals surface area contributed by atoms with Crippen LogP contribution in [0.3, 0.4) is 0 Å². The summed E-state index contributed by atoms with van der Waals surface area (Å²) in [7, 11) is 0. The summed E-state index contributed by atoms with van der Waals surface area (Å²) in [4.78, 5) is 12.4. The van der Waals surface area contributed by atoms with Crippen LogP contribution >= 0.6 is 15.9 Å². The summed E-state index contributed by atoms with van der Waals surface area (Å²) < 4.78 is 6.72. The SMILES string of the molecule is CC[C@H](Oc1ccc2ccccc2c1Br)C(=O)N/N=C/c1ccccc1O. The van der Waals surface area contributed by atoms with Crippen molar-refractivity contribution < 1.29 is 14.6 Å². The average Bonchev–Trinajstić information content (AvgIpc) is 2.69. The summed E-state index contributed by atoms with van der Waals surface area (Å²) in [6.45, 7) is 1.87. The van der Waals surface area contributed by atoms with Crippen LogP contribution in [0.25, 0.3) is 10.8 Å². The molecule has 1 amide bonds. The molecular weight excluding hydrogens is 408 g/mol. The first-order chi connectivity index (χ1) is 13.1. The van der Waals surface area contributed by atoms with Gasteiger partial charge < -0.3 is 9.84 Å². The monoisotopic (exact) mass is 426 g/mol. The highest BCUT2D eigenvalue weighted by atomic mass is 79.9. The summed E-state index contributed by atoms with van der Waals surface area (Å²) in [6, 6.07) is 18.5. The number of hydrogen-bond acceptors (Lipinski definition) is 4. The van der Waals surface area contributed by atoms with Gasteiger partial charge in [0.1, 0.15) is 11.5 Å². The maximum absolute atomic E-state index is 12.4. The Morgan fingerprint density at radius 3 is 2.70 bits per heavy atom. The molecule has 0 spiro atoms. The lowest BCUT2D eigenvalue weighted by atomic mass is 10.1. The molecule has 27 heavy (non-hydrogen) atoms. The van der Waals surface area contributed by atoms with Crippen molar-refractivity contribution in [1.82, 2.24) is 5.43 Å². The van der Waals surface area contributed by atoms with Crippen LogP contribution in [0.1, 0.15) is 18.9 Å². The number of para-hydroxylation sites is 1. The van der Waals surface area contributed by atoms with Crippen LogP contribution in [-0.2, 0) is 4.79 Å². The molecule has 138 valence electrons. The number of rotatable bonds is 6. The van der Waals surface area contributed by atoms with Crippen molar-refractivity contribution in [2.75, 3.05) is 0 Å². The molecule has 0 aliphatic carbocycles. The van der Waals surface area contributed by atoms with E-state index >= 15 is 0 Å². The highest BCUT2D eigenvalue weighted by molar-refractivity contribution is 9.10. The number of hydrogen-bond donors (Lipinski definition) is 2. The Morgan fingerprint density at radius 1 is 1.19 bits per heavy atom. The van der Waals surface area contributed by atoms with E-state index in [2.05, 4.69) is 26.5 Å². The zero-order valence-electron chi connectivity index (χ0n) is 14.7. The predicted octanol–water partition coefficient (Wildman–Crippen LogP) is 4.62. The minimum atomic E-state index is -0.691. The van der Waals surface area contributed by atoms with Gasteiger partial charge in [-0.25, -0.2) is 5.43 Å². The number of fused-ring (bicyclic) bond motifs is 1. The molecule has 2 N–H and O–H groups in total. The van der Waals surface area contributed by atoms with Crippen LogP contribution in [0, 0.1) is 0 Å². The molecule has 0 saturated carbocycles. The number of carbonyl (C=O) groups excluding carboxylic acids is 1. The minimum absolute atomic E-state index is 0.0962. The van der Waals surface area contributed by atoms with Gasteiger partial charge in [-0.3, -0.25) is 4.79 Å². The molecule has 0 radical (unpaired) electrons. The molecule has 0 unspecified atom stereocenters. The Labute approximate surface area is 165 Å². The number of halogens is 1. The Hall–Kier alpha value is -2.86. The molecule has 0 aliphatic rings. The number of nitrogens with one attached hydrogen (secondary N) is 1. The molecule has 0 bridgehead atoms. The number of hydrazone groups is 1. The summed E-state index contributed by atoms with van der Waals surface area (Å²) in [5.41, 5.74) is 2.98. The number of ether oxygens (including phenoxy) is 1. The van der Waals surface area contributed by atoms with Crippen molar-refractivity contribution in [3.8, 4) is 11.5 Å². The van der Waals surface area contributed by atoms with Gasteiger partial charge in [-0.15, -0.1) is 0 Å². The lowest BCUT2D eigenvalue weighted by Gasteiger charge is -2.17. The minimum Gasteiger partial charge on any atom is -0.507 e. The normalized spacial score (nSPS) is 12.2. The molecule has 1 atom stereocenters. The highest BCUT2D eigenvalue weighted by Crippen LogP contribution is 2.33. The maximum atomic E-state index is 12.4. The zero-order chi connectivity index (χ0) is 19.2. The summed E-state index contributed by atoms with van der Waals surface area (Å²) in [5, 5.41) is 15.7. The fourth-order valence-corrected chi connectivity index (χ4v) is 3.20. The third-order valence-corrected chi connectivity index (χ3v) is 4.89. The Balaban J connectivity index is 1.71. The van der Waals surface area contributed by atoms with Gasteiger partial charge in [-0.1, -0.05) is 49.4 Å². The molecule has 5 nitrogen and oxygen atoms in total. The van der Waals surface area contributed by atoms with E-state index in [9.17, 15) is 9.90 Å². The van der Waals surface area contributed by atoms with Crippen molar-refractivity contribution in [3.05, 3.63) is 70.7 Å². The Bertz CT molecular complexity index is 988. The van der Waals surface area contributed by atoms with Crippen molar-refractivity contribution in [2.45, 2.75) is 19.4 Å². The molecule has 0 heterocycles. The van der Waals surface area contributed by atoms with Crippen molar-refractivity contribution in [2.24, 2.45) is 5.10 Å². The number of benzene rings is 3. The van der Waals surface area contributed by atoms with E-state index in [0.29, 0.717) is 17.7 Å². The zero-order valence-corrected chi connectivity index (χ0v) is 16.3. The van der Waals surface area contributed by atoms with Gasteiger partial charge in [0.05, 0.1) is 10.7 Å².